The summed E-state index contributed by atoms with van der Waals surface area (Å²) in [5.74, 6) is -1.10. The largest absolute Gasteiger partial charge is 0.384 e. The highest BCUT2D eigenvalue weighted by molar-refractivity contribution is 5.89. The third-order valence-corrected chi connectivity index (χ3v) is 6.08. The van der Waals surface area contributed by atoms with Gasteiger partial charge in [-0.05, 0) is 34.7 Å². The van der Waals surface area contributed by atoms with Gasteiger partial charge < -0.3 is 16.0 Å². The number of nitrogen functional groups attached to an aromatic ring is 1. The van der Waals surface area contributed by atoms with Crippen LogP contribution in [0, 0.1) is 5.82 Å². The Morgan fingerprint density at radius 2 is 2.00 bits per heavy atom. The molecule has 184 valence electrons. The third kappa shape index (κ3) is 5.44. The molecule has 0 radical (unpaired) electrons. The monoisotopic (exact) mass is 483 g/mol. The number of nitrogens with one attached hydrogen (secondary N) is 2. The van der Waals surface area contributed by atoms with Gasteiger partial charge in [0.25, 0.3) is 0 Å². The van der Waals surface area contributed by atoms with E-state index in [-0.39, 0.29) is 25.3 Å². The zero-order valence-corrected chi connectivity index (χ0v) is 19.4. The molecule has 1 aliphatic rings. The summed E-state index contributed by atoms with van der Waals surface area (Å²) in [6, 6.07) is 6.25. The molecular formula is C24H27F2N7O2. The van der Waals surface area contributed by atoms with Gasteiger partial charge in [0, 0.05) is 12.6 Å². The van der Waals surface area contributed by atoms with E-state index in [9.17, 15) is 18.4 Å². The first-order valence-corrected chi connectivity index (χ1v) is 11.3. The molecule has 0 aliphatic carbocycles. The minimum absolute atomic E-state index is 0.0143. The molecule has 11 heteroatoms. The van der Waals surface area contributed by atoms with E-state index in [0.717, 1.165) is 0 Å². The van der Waals surface area contributed by atoms with Gasteiger partial charge in [-0.2, -0.15) is 15.4 Å². The van der Waals surface area contributed by atoms with Crippen molar-refractivity contribution in [3.05, 3.63) is 70.9 Å². The number of alkyl halides is 1. The van der Waals surface area contributed by atoms with Gasteiger partial charge in [0.2, 0.25) is 11.8 Å². The van der Waals surface area contributed by atoms with Gasteiger partial charge in [0.05, 0.1) is 30.9 Å². The smallest absolute Gasteiger partial charge is 0.243 e. The number of aromatic nitrogens is 4. The number of benzene rings is 1. The number of anilines is 1. The Hall–Kier alpha value is -3.89. The van der Waals surface area contributed by atoms with Crippen molar-refractivity contribution in [1.29, 1.82) is 0 Å². The molecule has 9 nitrogen and oxygen atoms in total. The maximum absolute atomic E-state index is 14.8. The molecule has 2 aromatic heterocycles. The summed E-state index contributed by atoms with van der Waals surface area (Å²) in [7, 11) is 0. The normalized spacial score (nSPS) is 18.6. The Kier molecular flexibility index (Phi) is 7.04. The summed E-state index contributed by atoms with van der Waals surface area (Å²) in [5.41, 5.74) is 7.71. The van der Waals surface area contributed by atoms with Gasteiger partial charge in [0.1, 0.15) is 23.8 Å². The van der Waals surface area contributed by atoms with Crippen LogP contribution in [0.2, 0.25) is 0 Å². The standard InChI is InChI=1S/C24H27F2N7O2/c1-13(2)18-5-3-14(7-19(18)26)23(15-4-6-21(27)28-10-15)30-24(35)20-8-16(25)12-33(20)22(34)9-17-11-29-32-31-17/h3-7,10-11,13,16,20,23H,8-9,12H2,1-2H3,(H2,27,28)(H,30,35)(H,29,31,32). The molecule has 1 aromatic carbocycles. The Morgan fingerprint density at radius 1 is 1.23 bits per heavy atom. The Bertz CT molecular complexity index is 1190. The van der Waals surface area contributed by atoms with Crippen LogP contribution in [0.1, 0.15) is 54.6 Å². The lowest BCUT2D eigenvalue weighted by atomic mass is 9.95. The summed E-state index contributed by atoms with van der Waals surface area (Å²) in [6.07, 6.45) is 1.31. The summed E-state index contributed by atoms with van der Waals surface area (Å²) < 4.78 is 29.2. The van der Waals surface area contributed by atoms with Crippen LogP contribution in [0.3, 0.4) is 0 Å². The highest BCUT2D eigenvalue weighted by atomic mass is 19.1. The number of carbonyl (C=O) groups is 2. The van der Waals surface area contributed by atoms with E-state index in [2.05, 4.69) is 25.7 Å². The predicted molar refractivity (Wildman–Crippen MR) is 124 cm³/mol. The van der Waals surface area contributed by atoms with Gasteiger partial charge in [-0.3, -0.25) is 9.59 Å². The van der Waals surface area contributed by atoms with Crippen LogP contribution in [0.15, 0.2) is 42.7 Å². The second kappa shape index (κ2) is 10.2. The molecule has 3 atom stereocenters. The van der Waals surface area contributed by atoms with Crippen LogP contribution in [-0.4, -0.2) is 55.9 Å². The lowest BCUT2D eigenvalue weighted by Crippen LogP contribution is -2.47. The average molecular weight is 484 g/mol. The number of carbonyl (C=O) groups excluding carboxylic acids is 2. The molecule has 35 heavy (non-hydrogen) atoms. The van der Waals surface area contributed by atoms with Gasteiger partial charge in [-0.25, -0.2) is 13.8 Å². The first-order valence-electron chi connectivity index (χ1n) is 11.3. The third-order valence-electron chi connectivity index (χ3n) is 6.08. The zero-order chi connectivity index (χ0) is 25.1. The number of amides is 2. The zero-order valence-electron chi connectivity index (χ0n) is 19.4. The van der Waals surface area contributed by atoms with Crippen molar-refractivity contribution in [1.82, 2.24) is 30.6 Å². The molecule has 1 saturated heterocycles. The minimum atomic E-state index is -1.34. The second-order valence-electron chi connectivity index (χ2n) is 8.93. The first kappa shape index (κ1) is 24.2. The molecule has 4 N–H and O–H groups in total. The van der Waals surface area contributed by atoms with E-state index >= 15 is 0 Å². The van der Waals surface area contributed by atoms with Crippen molar-refractivity contribution in [2.45, 2.75) is 50.9 Å². The molecule has 3 heterocycles. The Morgan fingerprint density at radius 3 is 2.63 bits per heavy atom. The molecular weight excluding hydrogens is 456 g/mol. The quantitative estimate of drug-likeness (QED) is 0.473. The van der Waals surface area contributed by atoms with Gasteiger partial charge in [-0.15, -0.1) is 0 Å². The van der Waals surface area contributed by atoms with E-state index in [4.69, 9.17) is 5.73 Å². The number of pyridine rings is 1. The molecule has 0 bridgehead atoms. The number of hydrogen-bond acceptors (Lipinski definition) is 6. The fourth-order valence-electron chi connectivity index (χ4n) is 4.25. The maximum atomic E-state index is 14.8. The number of hydrogen-bond donors (Lipinski definition) is 3. The number of nitrogens with zero attached hydrogens (tertiary/aromatic N) is 4. The van der Waals surface area contributed by atoms with E-state index in [0.29, 0.717) is 28.2 Å². The van der Waals surface area contributed by atoms with Crippen LogP contribution < -0.4 is 11.1 Å². The van der Waals surface area contributed by atoms with Gasteiger partial charge in [-0.1, -0.05) is 32.0 Å². The highest BCUT2D eigenvalue weighted by Gasteiger charge is 2.40. The summed E-state index contributed by atoms with van der Waals surface area (Å²) in [6.45, 7) is 3.58. The average Bonchev–Trinajstić information content (AvgIpc) is 3.47. The fourth-order valence-corrected chi connectivity index (χ4v) is 4.25. The van der Waals surface area contributed by atoms with E-state index in [1.54, 1.807) is 24.3 Å². The molecule has 3 unspecified atom stereocenters. The number of rotatable bonds is 7. The van der Waals surface area contributed by atoms with Crippen LogP contribution in [0.5, 0.6) is 0 Å². The molecule has 0 saturated carbocycles. The molecule has 3 aromatic rings. The lowest BCUT2D eigenvalue weighted by molar-refractivity contribution is -0.138. The van der Waals surface area contributed by atoms with Crippen LogP contribution in [-0.2, 0) is 16.0 Å². The molecule has 2 amide bonds. The van der Waals surface area contributed by atoms with Crippen molar-refractivity contribution in [2.24, 2.45) is 0 Å². The second-order valence-corrected chi connectivity index (χ2v) is 8.93. The number of aromatic amines is 1. The first-order chi connectivity index (χ1) is 16.7. The topological polar surface area (TPSA) is 130 Å². The lowest BCUT2D eigenvalue weighted by Gasteiger charge is -2.27. The molecule has 1 fully saturated rings. The van der Waals surface area contributed by atoms with Gasteiger partial charge in [0.15, 0.2) is 0 Å². The fraction of sp³-hybridized carbons (Fsp3) is 0.375. The van der Waals surface area contributed by atoms with E-state index in [1.807, 2.05) is 13.8 Å². The number of likely N-dealkylation sites (tertiary alicyclic amines) is 1. The highest BCUT2D eigenvalue weighted by Crippen LogP contribution is 2.28. The Labute approximate surface area is 201 Å². The van der Waals surface area contributed by atoms with Crippen molar-refractivity contribution in [3.63, 3.8) is 0 Å². The molecule has 0 spiro atoms. The van der Waals surface area contributed by atoms with Gasteiger partial charge >= 0.3 is 0 Å². The molecule has 4 rings (SSSR count). The number of halogens is 2. The van der Waals surface area contributed by atoms with Crippen LogP contribution >= 0.6 is 0 Å². The maximum Gasteiger partial charge on any atom is 0.243 e. The summed E-state index contributed by atoms with van der Waals surface area (Å²) in [5, 5.41) is 12.8. The summed E-state index contributed by atoms with van der Waals surface area (Å²) in [4.78, 5) is 31.5. The van der Waals surface area contributed by atoms with Crippen molar-refractivity contribution < 1.29 is 18.4 Å². The minimum Gasteiger partial charge on any atom is -0.384 e. The van der Waals surface area contributed by atoms with E-state index in [1.165, 1.54) is 23.4 Å². The summed E-state index contributed by atoms with van der Waals surface area (Å²) >= 11 is 0. The molecule has 1 aliphatic heterocycles. The van der Waals surface area contributed by atoms with Crippen molar-refractivity contribution in [2.75, 3.05) is 12.3 Å². The Balaban J connectivity index is 1.60. The van der Waals surface area contributed by atoms with Crippen LogP contribution in [0.4, 0.5) is 14.6 Å². The van der Waals surface area contributed by atoms with E-state index < -0.39 is 35.9 Å². The number of nitrogens with two attached hydrogens (primary N) is 1. The van der Waals surface area contributed by atoms with Crippen molar-refractivity contribution in [3.8, 4) is 0 Å². The van der Waals surface area contributed by atoms with Crippen molar-refractivity contribution >= 4 is 17.6 Å². The van der Waals surface area contributed by atoms with Crippen LogP contribution in [0.25, 0.3) is 0 Å². The SMILES string of the molecule is CC(C)c1ccc(C(NC(=O)C2CC(F)CN2C(=O)Cc2cn[nH]n2)c2ccc(N)nc2)cc1F. The number of H-pyrrole nitrogens is 1. The predicted octanol–water partition coefficient (Wildman–Crippen LogP) is 2.43.